The molecule has 1 saturated carbocycles. The Hall–Kier alpha value is -0.890. The van der Waals surface area contributed by atoms with Crippen molar-refractivity contribution in [3.05, 3.63) is 35.6 Å². The first kappa shape index (κ1) is 21.2. The van der Waals surface area contributed by atoms with Crippen molar-refractivity contribution >= 4 is 29.9 Å². The van der Waals surface area contributed by atoms with Gasteiger partial charge in [0.2, 0.25) is 0 Å². The standard InChI is InChI=1S/C18H29FN4.HI/c1-14(2)23(16-8-9-16)13-12-22-18(20-3)21-11-10-15-6-4-5-7-17(15)19;/h4-7,14,16H,8-13H2,1-3H3,(H2,20,21,22);1H. The van der Waals surface area contributed by atoms with Crippen LogP contribution in [0.3, 0.4) is 0 Å². The van der Waals surface area contributed by atoms with Gasteiger partial charge in [0.05, 0.1) is 0 Å². The van der Waals surface area contributed by atoms with Gasteiger partial charge in [0.25, 0.3) is 0 Å². The number of nitrogens with zero attached hydrogens (tertiary/aromatic N) is 2. The van der Waals surface area contributed by atoms with E-state index in [4.69, 9.17) is 0 Å². The number of nitrogens with one attached hydrogen (secondary N) is 2. The van der Waals surface area contributed by atoms with Crippen molar-refractivity contribution in [2.75, 3.05) is 26.7 Å². The van der Waals surface area contributed by atoms with E-state index in [0.29, 0.717) is 19.0 Å². The van der Waals surface area contributed by atoms with Gasteiger partial charge in [-0.05, 0) is 44.7 Å². The molecule has 0 aromatic heterocycles. The van der Waals surface area contributed by atoms with E-state index in [9.17, 15) is 4.39 Å². The summed E-state index contributed by atoms with van der Waals surface area (Å²) in [5.74, 6) is 0.634. The summed E-state index contributed by atoms with van der Waals surface area (Å²) < 4.78 is 13.6. The van der Waals surface area contributed by atoms with Gasteiger partial charge in [0, 0.05) is 38.8 Å². The maximum Gasteiger partial charge on any atom is 0.191 e. The highest BCUT2D eigenvalue weighted by Gasteiger charge is 2.30. The number of halogens is 2. The van der Waals surface area contributed by atoms with E-state index in [0.717, 1.165) is 30.7 Å². The first-order valence-corrected chi connectivity index (χ1v) is 8.55. The van der Waals surface area contributed by atoms with Crippen LogP contribution < -0.4 is 10.6 Å². The molecule has 6 heteroatoms. The van der Waals surface area contributed by atoms with Gasteiger partial charge >= 0.3 is 0 Å². The number of aliphatic imine (C=N–C) groups is 1. The Balaban J connectivity index is 0.00000288. The fourth-order valence-corrected chi connectivity index (χ4v) is 2.81. The van der Waals surface area contributed by atoms with Gasteiger partial charge in [-0.15, -0.1) is 24.0 Å². The highest BCUT2D eigenvalue weighted by Crippen LogP contribution is 2.27. The molecule has 0 unspecified atom stereocenters. The van der Waals surface area contributed by atoms with E-state index < -0.39 is 0 Å². The Morgan fingerprint density at radius 1 is 1.25 bits per heavy atom. The third kappa shape index (κ3) is 6.93. The van der Waals surface area contributed by atoms with Gasteiger partial charge in [-0.25, -0.2) is 4.39 Å². The van der Waals surface area contributed by atoms with Gasteiger partial charge in [-0.3, -0.25) is 9.89 Å². The van der Waals surface area contributed by atoms with Gasteiger partial charge in [0.1, 0.15) is 5.82 Å². The van der Waals surface area contributed by atoms with E-state index in [1.165, 1.54) is 18.9 Å². The molecule has 2 N–H and O–H groups in total. The van der Waals surface area contributed by atoms with Crippen molar-refractivity contribution in [1.82, 2.24) is 15.5 Å². The summed E-state index contributed by atoms with van der Waals surface area (Å²) >= 11 is 0. The molecule has 1 aliphatic carbocycles. The minimum Gasteiger partial charge on any atom is -0.356 e. The van der Waals surface area contributed by atoms with Crippen molar-refractivity contribution in [2.24, 2.45) is 4.99 Å². The van der Waals surface area contributed by atoms with E-state index in [-0.39, 0.29) is 29.8 Å². The van der Waals surface area contributed by atoms with Crippen LogP contribution in [0, 0.1) is 5.82 Å². The summed E-state index contributed by atoms with van der Waals surface area (Å²) in [4.78, 5) is 6.77. The second-order valence-corrected chi connectivity index (χ2v) is 6.33. The zero-order chi connectivity index (χ0) is 16.7. The Morgan fingerprint density at radius 2 is 1.92 bits per heavy atom. The van der Waals surface area contributed by atoms with Crippen LogP contribution in [0.2, 0.25) is 0 Å². The molecule has 4 nitrogen and oxygen atoms in total. The minimum atomic E-state index is -0.144. The fourth-order valence-electron chi connectivity index (χ4n) is 2.81. The summed E-state index contributed by atoms with van der Waals surface area (Å²) in [6.45, 7) is 7.06. The number of hydrogen-bond acceptors (Lipinski definition) is 2. The van der Waals surface area contributed by atoms with Gasteiger partial charge in [-0.1, -0.05) is 18.2 Å². The van der Waals surface area contributed by atoms with Gasteiger partial charge in [0.15, 0.2) is 5.96 Å². The summed E-state index contributed by atoms with van der Waals surface area (Å²) in [5.41, 5.74) is 0.732. The number of benzene rings is 1. The van der Waals surface area contributed by atoms with Crippen molar-refractivity contribution in [2.45, 2.75) is 45.2 Å². The molecule has 2 rings (SSSR count). The molecule has 1 aromatic rings. The van der Waals surface area contributed by atoms with Crippen LogP contribution in [0.25, 0.3) is 0 Å². The predicted molar refractivity (Wildman–Crippen MR) is 110 cm³/mol. The summed E-state index contributed by atoms with van der Waals surface area (Å²) in [5, 5.41) is 6.59. The quantitative estimate of drug-likeness (QED) is 0.365. The molecular weight excluding hydrogens is 418 g/mol. The van der Waals surface area contributed by atoms with Crippen LogP contribution >= 0.6 is 24.0 Å². The minimum absolute atomic E-state index is 0. The van der Waals surface area contributed by atoms with Crippen LogP contribution in [0.1, 0.15) is 32.3 Å². The average Bonchev–Trinajstić information content (AvgIpc) is 3.35. The predicted octanol–water partition coefficient (Wildman–Crippen LogP) is 3.02. The molecule has 0 radical (unpaired) electrons. The van der Waals surface area contributed by atoms with Gasteiger partial charge < -0.3 is 10.6 Å². The highest BCUT2D eigenvalue weighted by atomic mass is 127. The molecule has 1 aliphatic rings. The number of hydrogen-bond donors (Lipinski definition) is 2. The maximum atomic E-state index is 13.6. The van der Waals surface area contributed by atoms with E-state index in [1.807, 2.05) is 12.1 Å². The third-order valence-electron chi connectivity index (χ3n) is 4.21. The zero-order valence-electron chi connectivity index (χ0n) is 14.9. The normalized spacial score (nSPS) is 14.7. The summed E-state index contributed by atoms with van der Waals surface area (Å²) in [6.07, 6.45) is 3.30. The largest absolute Gasteiger partial charge is 0.356 e. The van der Waals surface area contributed by atoms with Gasteiger partial charge in [-0.2, -0.15) is 0 Å². The lowest BCUT2D eigenvalue weighted by Gasteiger charge is -2.26. The first-order valence-electron chi connectivity index (χ1n) is 8.55. The Labute approximate surface area is 162 Å². The van der Waals surface area contributed by atoms with Crippen LogP contribution in [0.5, 0.6) is 0 Å². The molecule has 0 bridgehead atoms. The molecule has 0 spiro atoms. The molecule has 0 amide bonds. The number of guanidine groups is 1. The molecule has 1 fully saturated rings. The fraction of sp³-hybridized carbons (Fsp3) is 0.611. The topological polar surface area (TPSA) is 39.7 Å². The number of rotatable bonds is 8. The lowest BCUT2D eigenvalue weighted by molar-refractivity contribution is 0.215. The molecule has 0 atom stereocenters. The SMILES string of the molecule is CN=C(NCCc1ccccc1F)NCCN(C(C)C)C1CC1.I. The molecule has 136 valence electrons. The lowest BCUT2D eigenvalue weighted by Crippen LogP contribution is -2.44. The summed E-state index contributed by atoms with van der Waals surface area (Å²) in [7, 11) is 1.76. The Bertz CT molecular complexity index is 515. The maximum absolute atomic E-state index is 13.6. The van der Waals surface area contributed by atoms with Crippen molar-refractivity contribution in [3.8, 4) is 0 Å². The van der Waals surface area contributed by atoms with Crippen LogP contribution in [0.15, 0.2) is 29.3 Å². The summed E-state index contributed by atoms with van der Waals surface area (Å²) in [6, 6.07) is 8.26. The average molecular weight is 448 g/mol. The lowest BCUT2D eigenvalue weighted by atomic mass is 10.1. The van der Waals surface area contributed by atoms with Crippen LogP contribution in [-0.4, -0.2) is 49.6 Å². The van der Waals surface area contributed by atoms with E-state index in [2.05, 4.69) is 34.4 Å². The smallest absolute Gasteiger partial charge is 0.191 e. The van der Waals surface area contributed by atoms with E-state index in [1.54, 1.807) is 13.1 Å². The van der Waals surface area contributed by atoms with E-state index >= 15 is 0 Å². The van der Waals surface area contributed by atoms with Crippen molar-refractivity contribution in [3.63, 3.8) is 0 Å². The molecule has 0 heterocycles. The monoisotopic (exact) mass is 448 g/mol. The molecule has 1 aromatic carbocycles. The highest BCUT2D eigenvalue weighted by molar-refractivity contribution is 14.0. The molecule has 0 saturated heterocycles. The van der Waals surface area contributed by atoms with Crippen molar-refractivity contribution < 1.29 is 4.39 Å². The molecular formula is C18H30FIN4. The van der Waals surface area contributed by atoms with Crippen molar-refractivity contribution in [1.29, 1.82) is 0 Å². The third-order valence-corrected chi connectivity index (χ3v) is 4.21. The Kier molecular flexibility index (Phi) is 9.58. The second-order valence-electron chi connectivity index (χ2n) is 6.33. The molecule has 24 heavy (non-hydrogen) atoms. The Morgan fingerprint density at radius 3 is 2.50 bits per heavy atom. The first-order chi connectivity index (χ1) is 11.1. The van der Waals surface area contributed by atoms with Crippen LogP contribution in [-0.2, 0) is 6.42 Å². The van der Waals surface area contributed by atoms with Crippen LogP contribution in [0.4, 0.5) is 4.39 Å². The second kappa shape index (κ2) is 10.9. The molecule has 0 aliphatic heterocycles. The zero-order valence-corrected chi connectivity index (χ0v) is 17.2.